The molecular weight excluding hydrogens is 372 g/mol. The molecule has 0 radical (unpaired) electrons. The molecule has 2 aromatic heterocycles. The number of thiophene rings is 1. The highest BCUT2D eigenvalue weighted by Crippen LogP contribution is 2.30. The number of anilines is 1. The molecule has 26 heavy (non-hydrogen) atoms. The van der Waals surface area contributed by atoms with Crippen LogP contribution in [0.1, 0.15) is 17.0 Å². The zero-order valence-corrected chi connectivity index (χ0v) is 16.6. The van der Waals surface area contributed by atoms with E-state index in [-0.39, 0.29) is 6.61 Å². The van der Waals surface area contributed by atoms with E-state index in [0.29, 0.717) is 17.3 Å². The van der Waals surface area contributed by atoms with E-state index in [0.717, 1.165) is 28.2 Å². The van der Waals surface area contributed by atoms with Crippen LogP contribution >= 0.6 is 11.3 Å². The average molecular weight is 393 g/mol. The largest absolute Gasteiger partial charge is 0.487 e. The third kappa shape index (κ3) is 3.91. The summed E-state index contributed by atoms with van der Waals surface area (Å²) < 4.78 is 35.9. The summed E-state index contributed by atoms with van der Waals surface area (Å²) in [6, 6.07) is 8.90. The van der Waals surface area contributed by atoms with Crippen molar-refractivity contribution in [2.24, 2.45) is 0 Å². The number of ether oxygens (including phenoxy) is 1. The maximum absolute atomic E-state index is 11.6. The van der Waals surface area contributed by atoms with Gasteiger partial charge in [0.2, 0.25) is 15.9 Å². The van der Waals surface area contributed by atoms with Crippen molar-refractivity contribution in [3.8, 4) is 16.5 Å². The van der Waals surface area contributed by atoms with Crippen molar-refractivity contribution in [1.82, 2.24) is 4.98 Å². The number of sulfonamides is 1. The predicted octanol–water partition coefficient (Wildman–Crippen LogP) is 3.99. The Morgan fingerprint density at radius 2 is 1.88 bits per heavy atom. The molecule has 0 saturated carbocycles. The normalized spacial score (nSPS) is 11.5. The van der Waals surface area contributed by atoms with Gasteiger partial charge in [-0.25, -0.2) is 13.4 Å². The van der Waals surface area contributed by atoms with Gasteiger partial charge in [0.05, 0.1) is 16.8 Å². The Labute approximate surface area is 157 Å². The number of rotatable bonds is 6. The zero-order valence-electron chi connectivity index (χ0n) is 15.0. The summed E-state index contributed by atoms with van der Waals surface area (Å²) in [6.07, 6.45) is 1.16. The summed E-state index contributed by atoms with van der Waals surface area (Å²) in [5, 5.41) is 2.01. The van der Waals surface area contributed by atoms with Gasteiger partial charge in [-0.2, -0.15) is 0 Å². The minimum atomic E-state index is -3.28. The summed E-state index contributed by atoms with van der Waals surface area (Å²) >= 11 is 1.59. The molecule has 138 valence electrons. The first-order valence-electron chi connectivity index (χ1n) is 7.93. The van der Waals surface area contributed by atoms with Crippen LogP contribution < -0.4 is 9.04 Å². The van der Waals surface area contributed by atoms with Gasteiger partial charge in [0.1, 0.15) is 23.8 Å². The molecular formula is C18H20N2O4S2. The number of oxazole rings is 1. The summed E-state index contributed by atoms with van der Waals surface area (Å²) in [5.41, 5.74) is 2.45. The highest BCUT2D eigenvalue weighted by Gasteiger charge is 2.15. The second-order valence-corrected chi connectivity index (χ2v) is 8.90. The average Bonchev–Trinajstić information content (AvgIpc) is 3.17. The fourth-order valence-electron chi connectivity index (χ4n) is 2.35. The molecule has 0 bridgehead atoms. The molecule has 2 heterocycles. The van der Waals surface area contributed by atoms with Crippen LogP contribution in [0, 0.1) is 13.8 Å². The van der Waals surface area contributed by atoms with Crippen molar-refractivity contribution in [2.75, 3.05) is 17.6 Å². The van der Waals surface area contributed by atoms with Gasteiger partial charge in [-0.05, 0) is 55.1 Å². The van der Waals surface area contributed by atoms with E-state index >= 15 is 0 Å². The SMILES string of the molecule is Cc1ccsc1-c1nc(COc2ccc(N(C)S(C)(=O)=O)cc2)c(C)o1. The monoisotopic (exact) mass is 392 g/mol. The Morgan fingerprint density at radius 1 is 1.19 bits per heavy atom. The number of aromatic nitrogens is 1. The Bertz CT molecular complexity index is 1000. The number of hydrogen-bond acceptors (Lipinski definition) is 6. The van der Waals surface area contributed by atoms with Crippen molar-refractivity contribution in [3.05, 3.63) is 52.7 Å². The molecule has 6 nitrogen and oxygen atoms in total. The fourth-order valence-corrected chi connectivity index (χ4v) is 3.70. The van der Waals surface area contributed by atoms with Crippen LogP contribution in [0.5, 0.6) is 5.75 Å². The van der Waals surface area contributed by atoms with E-state index in [4.69, 9.17) is 9.15 Å². The number of aryl methyl sites for hydroxylation is 2. The van der Waals surface area contributed by atoms with Gasteiger partial charge in [0.25, 0.3) is 0 Å². The Kier molecular flexibility index (Phi) is 5.06. The van der Waals surface area contributed by atoms with Crippen LogP contribution in [0.15, 0.2) is 40.1 Å². The van der Waals surface area contributed by atoms with Crippen LogP contribution in [-0.4, -0.2) is 26.7 Å². The minimum Gasteiger partial charge on any atom is -0.487 e. The molecule has 0 amide bonds. The third-order valence-corrected chi connectivity index (χ3v) is 6.23. The molecule has 0 unspecified atom stereocenters. The fraction of sp³-hybridized carbons (Fsp3) is 0.278. The molecule has 3 rings (SSSR count). The van der Waals surface area contributed by atoms with E-state index < -0.39 is 10.0 Å². The first-order chi connectivity index (χ1) is 12.3. The van der Waals surface area contributed by atoms with E-state index in [2.05, 4.69) is 4.98 Å². The van der Waals surface area contributed by atoms with Crippen molar-refractivity contribution < 1.29 is 17.6 Å². The quantitative estimate of drug-likeness (QED) is 0.634. The van der Waals surface area contributed by atoms with Crippen LogP contribution in [0.3, 0.4) is 0 Å². The Balaban J connectivity index is 1.70. The minimum absolute atomic E-state index is 0.279. The molecule has 0 spiro atoms. The molecule has 0 saturated heterocycles. The summed E-state index contributed by atoms with van der Waals surface area (Å²) in [7, 11) is -1.77. The van der Waals surface area contributed by atoms with E-state index in [1.807, 2.05) is 25.3 Å². The zero-order chi connectivity index (χ0) is 18.9. The molecule has 1 aromatic carbocycles. The number of nitrogens with zero attached hydrogens (tertiary/aromatic N) is 2. The molecule has 0 N–H and O–H groups in total. The van der Waals surface area contributed by atoms with Crippen LogP contribution in [0.4, 0.5) is 5.69 Å². The maximum atomic E-state index is 11.6. The highest BCUT2D eigenvalue weighted by molar-refractivity contribution is 7.92. The lowest BCUT2D eigenvalue weighted by Crippen LogP contribution is -2.24. The molecule has 0 aliphatic heterocycles. The van der Waals surface area contributed by atoms with Gasteiger partial charge in [-0.1, -0.05) is 0 Å². The van der Waals surface area contributed by atoms with Gasteiger partial charge in [-0.3, -0.25) is 4.31 Å². The van der Waals surface area contributed by atoms with Gasteiger partial charge < -0.3 is 9.15 Å². The van der Waals surface area contributed by atoms with Crippen molar-refractivity contribution in [2.45, 2.75) is 20.5 Å². The first-order valence-corrected chi connectivity index (χ1v) is 10.7. The van der Waals surface area contributed by atoms with Gasteiger partial charge >= 0.3 is 0 Å². The van der Waals surface area contributed by atoms with Crippen molar-refractivity contribution in [3.63, 3.8) is 0 Å². The molecule has 0 aliphatic rings. The van der Waals surface area contributed by atoms with Crippen LogP contribution in [0.2, 0.25) is 0 Å². The van der Waals surface area contributed by atoms with Crippen LogP contribution in [-0.2, 0) is 16.6 Å². The van der Waals surface area contributed by atoms with E-state index in [9.17, 15) is 8.42 Å². The molecule has 8 heteroatoms. The Morgan fingerprint density at radius 3 is 2.46 bits per heavy atom. The van der Waals surface area contributed by atoms with Crippen molar-refractivity contribution in [1.29, 1.82) is 0 Å². The smallest absolute Gasteiger partial charge is 0.237 e. The molecule has 3 aromatic rings. The molecule has 0 aliphatic carbocycles. The lowest BCUT2D eigenvalue weighted by atomic mass is 10.3. The standard InChI is InChI=1S/C18H20N2O4S2/c1-12-9-10-25-17(12)18-19-16(13(2)24-18)11-23-15-7-5-14(6-8-15)20(3)26(4,21)22/h5-10H,11H2,1-4H3. The topological polar surface area (TPSA) is 72.6 Å². The summed E-state index contributed by atoms with van der Waals surface area (Å²) in [5.74, 6) is 1.96. The third-order valence-electron chi connectivity index (χ3n) is 4.02. The summed E-state index contributed by atoms with van der Waals surface area (Å²) in [6.45, 7) is 4.17. The van der Waals surface area contributed by atoms with Crippen LogP contribution in [0.25, 0.3) is 10.8 Å². The Hall–Kier alpha value is -2.32. The van der Waals surface area contributed by atoms with Gasteiger partial charge in [-0.15, -0.1) is 11.3 Å². The lowest BCUT2D eigenvalue weighted by molar-refractivity contribution is 0.299. The predicted molar refractivity (Wildman–Crippen MR) is 103 cm³/mol. The number of benzene rings is 1. The van der Waals surface area contributed by atoms with Crippen molar-refractivity contribution >= 4 is 27.0 Å². The second-order valence-electron chi connectivity index (χ2n) is 5.97. The van der Waals surface area contributed by atoms with Gasteiger partial charge in [0.15, 0.2) is 0 Å². The summed E-state index contributed by atoms with van der Waals surface area (Å²) in [4.78, 5) is 5.56. The highest BCUT2D eigenvalue weighted by atomic mass is 32.2. The van der Waals surface area contributed by atoms with E-state index in [1.165, 1.54) is 11.4 Å². The first kappa shape index (κ1) is 18.5. The number of hydrogen-bond donors (Lipinski definition) is 0. The second kappa shape index (κ2) is 7.13. The van der Waals surface area contributed by atoms with E-state index in [1.54, 1.807) is 35.6 Å². The molecule has 0 atom stereocenters. The maximum Gasteiger partial charge on any atom is 0.237 e. The molecule has 0 fully saturated rings. The van der Waals surface area contributed by atoms with Gasteiger partial charge in [0, 0.05) is 7.05 Å². The lowest BCUT2D eigenvalue weighted by Gasteiger charge is -2.16.